The number of aliphatic carboxylic acids is 1. The third-order valence-corrected chi connectivity index (χ3v) is 4.94. The average Bonchev–Trinajstić information content (AvgIpc) is 2.39. The van der Waals surface area contributed by atoms with Gasteiger partial charge in [0.05, 0.1) is 0 Å². The number of nitrogens with one attached hydrogen (secondary N) is 1. The van der Waals surface area contributed by atoms with Crippen molar-refractivity contribution in [2.75, 3.05) is 13.6 Å². The Labute approximate surface area is 110 Å². The van der Waals surface area contributed by atoms with Gasteiger partial charge < -0.3 is 10.4 Å². The summed E-state index contributed by atoms with van der Waals surface area (Å²) in [5.41, 5.74) is -0.694. The molecule has 104 valence electrons. The first-order valence-corrected chi connectivity index (χ1v) is 7.27. The predicted octanol–water partition coefficient (Wildman–Crippen LogP) is 1.85. The van der Waals surface area contributed by atoms with E-state index in [1.165, 1.54) is 19.3 Å². The summed E-state index contributed by atoms with van der Waals surface area (Å²) in [6, 6.07) is 1.06. The Bertz CT molecular complexity index is 308. The van der Waals surface area contributed by atoms with Crippen molar-refractivity contribution in [3.63, 3.8) is 0 Å². The molecule has 0 aromatic heterocycles. The molecule has 1 aliphatic heterocycles. The fraction of sp³-hybridized carbons (Fsp3) is 0.929. The van der Waals surface area contributed by atoms with E-state index in [-0.39, 0.29) is 0 Å². The molecule has 3 atom stereocenters. The Morgan fingerprint density at radius 1 is 1.33 bits per heavy atom. The summed E-state index contributed by atoms with van der Waals surface area (Å²) in [7, 11) is 1.79. The van der Waals surface area contributed by atoms with Crippen molar-refractivity contribution < 1.29 is 9.90 Å². The predicted molar refractivity (Wildman–Crippen MR) is 71.7 cm³/mol. The lowest BCUT2D eigenvalue weighted by Crippen LogP contribution is -2.58. The maximum absolute atomic E-state index is 11.5. The van der Waals surface area contributed by atoms with Gasteiger partial charge in [0, 0.05) is 12.1 Å². The van der Waals surface area contributed by atoms with Gasteiger partial charge in [0.2, 0.25) is 0 Å². The van der Waals surface area contributed by atoms with Gasteiger partial charge in [-0.3, -0.25) is 9.69 Å². The van der Waals surface area contributed by atoms with E-state index < -0.39 is 11.5 Å². The number of likely N-dealkylation sites (N-methyl/N-ethyl adjacent to an activating group) is 1. The van der Waals surface area contributed by atoms with Crippen LogP contribution in [0.4, 0.5) is 0 Å². The summed E-state index contributed by atoms with van der Waals surface area (Å²) in [4.78, 5) is 14.1. The van der Waals surface area contributed by atoms with Gasteiger partial charge in [0.25, 0.3) is 0 Å². The normalized spacial score (nSPS) is 38.6. The van der Waals surface area contributed by atoms with Gasteiger partial charge in [0.15, 0.2) is 0 Å². The molecule has 1 saturated heterocycles. The van der Waals surface area contributed by atoms with E-state index in [2.05, 4.69) is 17.1 Å². The number of carboxylic acid groups (broad SMARTS) is 1. The molecule has 0 aromatic carbocycles. The molecule has 0 spiro atoms. The molecule has 2 aliphatic rings. The van der Waals surface area contributed by atoms with Crippen molar-refractivity contribution in [1.29, 1.82) is 0 Å². The second-order valence-electron chi connectivity index (χ2n) is 5.97. The van der Waals surface area contributed by atoms with E-state index in [9.17, 15) is 9.90 Å². The third-order valence-electron chi connectivity index (χ3n) is 4.94. The van der Waals surface area contributed by atoms with E-state index in [1.807, 2.05) is 0 Å². The molecule has 2 rings (SSSR count). The van der Waals surface area contributed by atoms with E-state index in [4.69, 9.17) is 0 Å². The molecule has 0 aromatic rings. The van der Waals surface area contributed by atoms with Crippen LogP contribution in [0, 0.1) is 0 Å². The maximum Gasteiger partial charge on any atom is 0.323 e. The average molecular weight is 254 g/mol. The summed E-state index contributed by atoms with van der Waals surface area (Å²) in [6.45, 7) is 3.43. The molecule has 4 nitrogen and oxygen atoms in total. The summed E-state index contributed by atoms with van der Waals surface area (Å²) in [6.07, 6.45) is 7.53. The first-order chi connectivity index (χ1) is 8.59. The minimum absolute atomic E-state index is 0.442. The van der Waals surface area contributed by atoms with Crippen LogP contribution in [0.5, 0.6) is 0 Å². The first kappa shape index (κ1) is 13.8. The lowest BCUT2D eigenvalue weighted by Gasteiger charge is -2.46. The Morgan fingerprint density at radius 2 is 2.11 bits per heavy atom. The van der Waals surface area contributed by atoms with Crippen molar-refractivity contribution in [1.82, 2.24) is 10.2 Å². The second-order valence-corrected chi connectivity index (χ2v) is 5.97. The highest BCUT2D eigenvalue weighted by molar-refractivity contribution is 5.79. The van der Waals surface area contributed by atoms with E-state index in [0.29, 0.717) is 12.1 Å². The van der Waals surface area contributed by atoms with Crippen LogP contribution in [0.2, 0.25) is 0 Å². The number of nitrogens with zero attached hydrogens (tertiary/aromatic N) is 1. The van der Waals surface area contributed by atoms with Crippen molar-refractivity contribution in [2.24, 2.45) is 0 Å². The minimum atomic E-state index is -0.694. The molecule has 1 aliphatic carbocycles. The minimum Gasteiger partial charge on any atom is -0.480 e. The molecule has 0 radical (unpaired) electrons. The quantitative estimate of drug-likeness (QED) is 0.807. The van der Waals surface area contributed by atoms with Crippen molar-refractivity contribution in [3.05, 3.63) is 0 Å². The molecule has 18 heavy (non-hydrogen) atoms. The molecular weight excluding hydrogens is 228 g/mol. The molecule has 0 bridgehead atoms. The van der Waals surface area contributed by atoms with E-state index in [0.717, 1.165) is 32.2 Å². The van der Waals surface area contributed by atoms with Gasteiger partial charge >= 0.3 is 5.97 Å². The van der Waals surface area contributed by atoms with Gasteiger partial charge in [-0.25, -0.2) is 0 Å². The monoisotopic (exact) mass is 254 g/mol. The number of hydrogen-bond acceptors (Lipinski definition) is 3. The van der Waals surface area contributed by atoms with Crippen LogP contribution in [0.1, 0.15) is 51.9 Å². The molecule has 4 heteroatoms. The Balaban J connectivity index is 2.07. The van der Waals surface area contributed by atoms with Crippen molar-refractivity contribution >= 4 is 5.97 Å². The lowest BCUT2D eigenvalue weighted by molar-refractivity contribution is -0.147. The Morgan fingerprint density at radius 3 is 2.72 bits per heavy atom. The molecule has 0 amide bonds. The number of piperidine rings is 1. The van der Waals surface area contributed by atoms with Crippen LogP contribution in [-0.4, -0.2) is 47.2 Å². The zero-order valence-electron chi connectivity index (χ0n) is 11.6. The standard InChI is InChI=1S/C14H26N2O2/c1-11-6-3-4-9-16(11)12-7-5-8-14(10-12,15-2)13(17)18/h11-12,15H,3-10H2,1-2H3,(H,17,18). The molecule has 2 fully saturated rings. The summed E-state index contributed by atoms with van der Waals surface area (Å²) in [5, 5.41) is 12.6. The zero-order valence-corrected chi connectivity index (χ0v) is 11.6. The molecule has 1 heterocycles. The molecule has 1 saturated carbocycles. The van der Waals surface area contributed by atoms with Gasteiger partial charge in [-0.05, 0) is 59.0 Å². The molecule has 2 N–H and O–H groups in total. The van der Waals surface area contributed by atoms with Crippen LogP contribution < -0.4 is 5.32 Å². The number of rotatable bonds is 3. The third kappa shape index (κ3) is 2.54. The SMILES string of the molecule is CNC1(C(=O)O)CCCC(N2CCCCC2C)C1. The van der Waals surface area contributed by atoms with Crippen LogP contribution in [0.15, 0.2) is 0 Å². The fourth-order valence-electron chi connectivity index (χ4n) is 3.72. The fourth-order valence-corrected chi connectivity index (χ4v) is 3.72. The Hall–Kier alpha value is -0.610. The highest BCUT2D eigenvalue weighted by atomic mass is 16.4. The highest BCUT2D eigenvalue weighted by Crippen LogP contribution is 2.34. The van der Waals surface area contributed by atoms with Crippen LogP contribution in [0.25, 0.3) is 0 Å². The number of carbonyl (C=O) groups is 1. The maximum atomic E-state index is 11.5. The highest BCUT2D eigenvalue weighted by Gasteiger charge is 2.43. The zero-order chi connectivity index (χ0) is 13.2. The van der Waals surface area contributed by atoms with Crippen molar-refractivity contribution in [2.45, 2.75) is 69.5 Å². The lowest BCUT2D eigenvalue weighted by atomic mass is 9.77. The topological polar surface area (TPSA) is 52.6 Å². The van der Waals surface area contributed by atoms with E-state index in [1.54, 1.807) is 7.05 Å². The molecular formula is C14H26N2O2. The van der Waals surface area contributed by atoms with E-state index >= 15 is 0 Å². The van der Waals surface area contributed by atoms with Crippen LogP contribution >= 0.6 is 0 Å². The Kier molecular flexibility index (Phi) is 4.28. The summed E-state index contributed by atoms with van der Waals surface area (Å²) < 4.78 is 0. The smallest absolute Gasteiger partial charge is 0.323 e. The first-order valence-electron chi connectivity index (χ1n) is 7.27. The largest absolute Gasteiger partial charge is 0.480 e. The van der Waals surface area contributed by atoms with Crippen LogP contribution in [-0.2, 0) is 4.79 Å². The van der Waals surface area contributed by atoms with Gasteiger partial charge in [0.1, 0.15) is 5.54 Å². The van der Waals surface area contributed by atoms with Gasteiger partial charge in [-0.2, -0.15) is 0 Å². The summed E-state index contributed by atoms with van der Waals surface area (Å²) >= 11 is 0. The van der Waals surface area contributed by atoms with Gasteiger partial charge in [-0.1, -0.05) is 6.42 Å². The molecule has 3 unspecified atom stereocenters. The van der Waals surface area contributed by atoms with Gasteiger partial charge in [-0.15, -0.1) is 0 Å². The van der Waals surface area contributed by atoms with Crippen LogP contribution in [0.3, 0.4) is 0 Å². The number of hydrogen-bond donors (Lipinski definition) is 2. The second kappa shape index (κ2) is 5.57. The number of likely N-dealkylation sites (tertiary alicyclic amines) is 1. The van der Waals surface area contributed by atoms with Crippen molar-refractivity contribution in [3.8, 4) is 0 Å². The summed E-state index contributed by atoms with van der Waals surface area (Å²) in [5.74, 6) is -0.681. The number of carboxylic acids is 1.